The van der Waals surface area contributed by atoms with Crippen LogP contribution >= 0.6 is 15.9 Å². The molecule has 28 heavy (non-hydrogen) atoms. The van der Waals surface area contributed by atoms with Gasteiger partial charge in [-0.25, -0.2) is 21.2 Å². The van der Waals surface area contributed by atoms with Crippen molar-refractivity contribution in [2.45, 2.75) is 24.4 Å². The summed E-state index contributed by atoms with van der Waals surface area (Å²) in [5, 5.41) is 0. The van der Waals surface area contributed by atoms with Crippen molar-refractivity contribution < 1.29 is 26.0 Å². The molecule has 0 heterocycles. The Morgan fingerprint density at radius 1 is 1.11 bits per heavy atom. The third-order valence-electron chi connectivity index (χ3n) is 4.12. The first-order valence-corrected chi connectivity index (χ1v) is 11.5. The lowest BCUT2D eigenvalue weighted by Crippen LogP contribution is -2.44. The van der Waals surface area contributed by atoms with E-state index in [0.717, 1.165) is 13.8 Å². The molecule has 0 saturated carbocycles. The van der Waals surface area contributed by atoms with E-state index in [1.54, 1.807) is 24.3 Å². The Hall–Kier alpha value is -1.62. The van der Waals surface area contributed by atoms with E-state index in [4.69, 9.17) is 0 Å². The predicted octanol–water partition coefficient (Wildman–Crippen LogP) is 3.21. The molecular weight excluding hydrogens is 473 g/mol. The van der Waals surface area contributed by atoms with E-state index in [-0.39, 0.29) is 14.2 Å². The lowest BCUT2D eigenvalue weighted by Gasteiger charge is -2.29. The van der Waals surface area contributed by atoms with Gasteiger partial charge < -0.3 is 0 Å². The van der Waals surface area contributed by atoms with E-state index in [1.165, 1.54) is 30.3 Å². The molecule has 2 aromatic rings. The molecule has 0 N–H and O–H groups in total. The van der Waals surface area contributed by atoms with E-state index < -0.39 is 44.8 Å². The Morgan fingerprint density at radius 3 is 2.14 bits per heavy atom. The second kappa shape index (κ2) is 8.81. The van der Waals surface area contributed by atoms with E-state index >= 15 is 0 Å². The number of halogens is 2. The Labute approximate surface area is 173 Å². The van der Waals surface area contributed by atoms with E-state index in [0.29, 0.717) is 4.47 Å². The normalized spacial score (nSPS) is 13.6. The van der Waals surface area contributed by atoms with Crippen molar-refractivity contribution in [3.63, 3.8) is 0 Å². The number of ketones is 1. The van der Waals surface area contributed by atoms with Gasteiger partial charge in [0.05, 0.1) is 10.8 Å². The van der Waals surface area contributed by atoms with Crippen LogP contribution in [0.15, 0.2) is 64.0 Å². The number of carbonyl (C=O) groups excluding carboxylic acids is 1. The first-order valence-electron chi connectivity index (χ1n) is 8.16. The molecule has 152 valence electrons. The number of nitrogens with zero attached hydrogens (tertiary/aromatic N) is 1. The number of hydrogen-bond acceptors (Lipinski definition) is 5. The van der Waals surface area contributed by atoms with Crippen LogP contribution in [-0.2, 0) is 20.9 Å². The van der Waals surface area contributed by atoms with Crippen molar-refractivity contribution in [3.05, 3.63) is 64.6 Å². The van der Waals surface area contributed by atoms with Gasteiger partial charge in [-0.1, -0.05) is 56.0 Å². The number of sulfonamides is 1. The smallest absolute Gasteiger partial charge is 0.255 e. The number of Topliss-reactive ketones (excluding diaryl/α,β-unsaturated/α-hetero) is 1. The molecule has 0 radical (unpaired) electrons. The average Bonchev–Trinajstić information content (AvgIpc) is 2.61. The molecular formula is C18H19BrFNO5S2. The van der Waals surface area contributed by atoms with Crippen LogP contribution in [0.3, 0.4) is 0 Å². The largest absolute Gasteiger partial charge is 0.294 e. The summed E-state index contributed by atoms with van der Waals surface area (Å²) in [6, 6.07) is 13.2. The second-order valence-corrected chi connectivity index (χ2v) is 10.5. The summed E-state index contributed by atoms with van der Waals surface area (Å²) in [7, 11) is -8.12. The van der Waals surface area contributed by atoms with Crippen molar-refractivity contribution in [2.75, 3.05) is 6.54 Å². The average molecular weight is 492 g/mol. The molecule has 2 aromatic carbocycles. The predicted molar refractivity (Wildman–Crippen MR) is 108 cm³/mol. The van der Waals surface area contributed by atoms with Crippen molar-refractivity contribution in [2.24, 2.45) is 5.92 Å². The monoisotopic (exact) mass is 491 g/mol. The molecule has 0 aromatic heterocycles. The van der Waals surface area contributed by atoms with E-state index in [2.05, 4.69) is 15.9 Å². The highest BCUT2D eigenvalue weighted by molar-refractivity contribution is 9.10. The third kappa shape index (κ3) is 5.05. The van der Waals surface area contributed by atoms with Crippen LogP contribution in [0.2, 0.25) is 0 Å². The quantitative estimate of drug-likeness (QED) is 0.452. The maximum absolute atomic E-state index is 14.9. The molecule has 0 fully saturated rings. The van der Waals surface area contributed by atoms with Crippen LogP contribution in [0.5, 0.6) is 0 Å². The molecule has 1 atom stereocenters. The van der Waals surface area contributed by atoms with Crippen LogP contribution in [0.1, 0.15) is 24.2 Å². The summed E-state index contributed by atoms with van der Waals surface area (Å²) >= 11 is 3.21. The topological polar surface area (TPSA) is 88.6 Å². The minimum Gasteiger partial charge on any atom is -0.294 e. The zero-order valence-corrected chi connectivity index (χ0v) is 18.4. The fourth-order valence-electron chi connectivity index (χ4n) is 2.58. The van der Waals surface area contributed by atoms with Crippen molar-refractivity contribution in [1.82, 2.24) is 3.71 Å². The standard InChI is InChI=1S/C18H19BrFNO5S2/c1-18(2,20)15(17(22)14-10-6-7-11-16(14)19)12-21(27(23)24)28(25,26)13-8-4-3-5-9-13/h3-11,15,27H,12H2,1-2H3. The fourth-order valence-corrected chi connectivity index (χ4v) is 5.43. The summed E-state index contributed by atoms with van der Waals surface area (Å²) < 4.78 is 64.5. The van der Waals surface area contributed by atoms with Crippen LogP contribution in [0.4, 0.5) is 4.39 Å². The van der Waals surface area contributed by atoms with Gasteiger partial charge >= 0.3 is 0 Å². The van der Waals surface area contributed by atoms with Crippen LogP contribution in [0, 0.1) is 5.92 Å². The summed E-state index contributed by atoms with van der Waals surface area (Å²) in [6.45, 7) is 1.37. The van der Waals surface area contributed by atoms with E-state index in [1.807, 2.05) is 0 Å². The summed E-state index contributed by atoms with van der Waals surface area (Å²) in [6.07, 6.45) is 0. The number of carbonyl (C=O) groups is 1. The van der Waals surface area contributed by atoms with Crippen LogP contribution in [-0.4, -0.2) is 38.5 Å². The van der Waals surface area contributed by atoms with Gasteiger partial charge in [-0.3, -0.25) is 4.79 Å². The summed E-state index contributed by atoms with van der Waals surface area (Å²) in [5.74, 6) is -2.25. The number of thiol groups is 1. The zero-order valence-electron chi connectivity index (χ0n) is 15.1. The van der Waals surface area contributed by atoms with Gasteiger partial charge in [-0.2, -0.15) is 0 Å². The van der Waals surface area contributed by atoms with Gasteiger partial charge in [0.1, 0.15) is 5.67 Å². The number of alkyl halides is 1. The highest BCUT2D eigenvalue weighted by Crippen LogP contribution is 2.30. The number of benzene rings is 2. The molecule has 0 aliphatic heterocycles. The Kier molecular flexibility index (Phi) is 7.13. The highest BCUT2D eigenvalue weighted by Gasteiger charge is 2.41. The molecule has 0 bridgehead atoms. The van der Waals surface area contributed by atoms with Crippen LogP contribution in [0.25, 0.3) is 0 Å². The van der Waals surface area contributed by atoms with Gasteiger partial charge in [0.2, 0.25) is 10.9 Å². The van der Waals surface area contributed by atoms with Gasteiger partial charge in [-0.15, -0.1) is 0 Å². The zero-order chi connectivity index (χ0) is 21.1. The lowest BCUT2D eigenvalue weighted by atomic mass is 9.86. The molecule has 10 heteroatoms. The fraction of sp³-hybridized carbons (Fsp3) is 0.278. The van der Waals surface area contributed by atoms with E-state index in [9.17, 15) is 26.0 Å². The Morgan fingerprint density at radius 2 is 1.64 bits per heavy atom. The number of hydrogen-bond donors (Lipinski definition) is 1. The molecule has 0 spiro atoms. The first kappa shape index (κ1) is 22.7. The van der Waals surface area contributed by atoms with Crippen LogP contribution < -0.4 is 0 Å². The van der Waals surface area contributed by atoms with Crippen molar-refractivity contribution >= 4 is 42.6 Å². The Bertz CT molecular complexity index is 1030. The lowest BCUT2D eigenvalue weighted by molar-refractivity contribution is 0.0681. The molecule has 0 amide bonds. The Balaban J connectivity index is 2.50. The summed E-state index contributed by atoms with van der Waals surface area (Å²) in [5.41, 5.74) is -2.04. The van der Waals surface area contributed by atoms with Gasteiger partial charge in [0.25, 0.3) is 10.0 Å². The SMILES string of the molecule is CC(C)(F)C(CN([SH](=O)=O)S(=O)(=O)c1ccccc1)C(=O)c1ccccc1Br. The molecule has 0 aliphatic rings. The van der Waals surface area contributed by atoms with Gasteiger partial charge in [-0.05, 0) is 32.0 Å². The minimum atomic E-state index is -4.47. The highest BCUT2D eigenvalue weighted by atomic mass is 79.9. The second-order valence-electron chi connectivity index (χ2n) is 6.52. The number of rotatable bonds is 8. The van der Waals surface area contributed by atoms with Gasteiger partial charge in [0, 0.05) is 16.6 Å². The molecule has 0 saturated heterocycles. The third-order valence-corrected chi connectivity index (χ3v) is 7.96. The van der Waals surface area contributed by atoms with Crippen molar-refractivity contribution in [1.29, 1.82) is 0 Å². The maximum atomic E-state index is 14.9. The molecule has 0 aliphatic carbocycles. The van der Waals surface area contributed by atoms with Gasteiger partial charge in [0.15, 0.2) is 5.78 Å². The molecule has 1 unspecified atom stereocenters. The molecule has 6 nitrogen and oxygen atoms in total. The minimum absolute atomic E-state index is 0.136. The maximum Gasteiger partial charge on any atom is 0.255 e. The van der Waals surface area contributed by atoms with Crippen molar-refractivity contribution in [3.8, 4) is 0 Å². The first-order chi connectivity index (χ1) is 13.0. The summed E-state index contributed by atoms with van der Waals surface area (Å²) in [4.78, 5) is 12.7. The molecule has 2 rings (SSSR count).